The summed E-state index contributed by atoms with van der Waals surface area (Å²) in [4.78, 5) is 13.6. The minimum Gasteiger partial charge on any atom is -0.359 e. The summed E-state index contributed by atoms with van der Waals surface area (Å²) in [6, 6.07) is 9.40. The van der Waals surface area contributed by atoms with Crippen molar-refractivity contribution >= 4 is 22.5 Å². The fourth-order valence-electron chi connectivity index (χ4n) is 2.28. The van der Waals surface area contributed by atoms with Crippen molar-refractivity contribution in [2.24, 2.45) is 0 Å². The lowest BCUT2D eigenvalue weighted by atomic mass is 10.2. The summed E-state index contributed by atoms with van der Waals surface area (Å²) in [5, 5.41) is 6.60. The van der Waals surface area contributed by atoms with Crippen molar-refractivity contribution in [1.29, 1.82) is 0 Å². The lowest BCUT2D eigenvalue weighted by Gasteiger charge is -2.17. The quantitative estimate of drug-likeness (QED) is 0.879. The summed E-state index contributed by atoms with van der Waals surface area (Å²) < 4.78 is 17.1. The highest BCUT2D eigenvalue weighted by Crippen LogP contribution is 2.22. The molecule has 0 aliphatic heterocycles. The minimum absolute atomic E-state index is 0.267. The van der Waals surface area contributed by atoms with Crippen molar-refractivity contribution in [3.05, 3.63) is 47.3 Å². The maximum Gasteiger partial charge on any atom is 0.321 e. The molecule has 124 valence electrons. The molecule has 6 nitrogen and oxygen atoms in total. The van der Waals surface area contributed by atoms with Gasteiger partial charge in [-0.2, -0.15) is 0 Å². The van der Waals surface area contributed by atoms with E-state index in [0.29, 0.717) is 35.2 Å². The zero-order valence-corrected chi connectivity index (χ0v) is 14.4. The summed E-state index contributed by atoms with van der Waals surface area (Å²) in [7, 11) is 0.645. The van der Waals surface area contributed by atoms with Gasteiger partial charge in [0.05, 0.1) is 0 Å². The first-order chi connectivity index (χ1) is 11.0. The molecule has 1 unspecified atom stereocenters. The molecule has 2 rings (SSSR count). The van der Waals surface area contributed by atoms with Crippen LogP contribution in [0.1, 0.15) is 17.0 Å². The van der Waals surface area contributed by atoms with Gasteiger partial charge in [-0.1, -0.05) is 35.5 Å². The molecule has 0 bridgehead atoms. The van der Waals surface area contributed by atoms with Crippen LogP contribution >= 0.6 is 0 Å². The van der Waals surface area contributed by atoms with E-state index in [-0.39, 0.29) is 6.03 Å². The molecule has 0 saturated heterocycles. The van der Waals surface area contributed by atoms with Crippen molar-refractivity contribution in [1.82, 2.24) is 10.5 Å². The monoisotopic (exact) mass is 335 g/mol. The maximum atomic E-state index is 12.1. The van der Waals surface area contributed by atoms with Crippen molar-refractivity contribution < 1.29 is 13.5 Å². The second-order valence-corrected chi connectivity index (χ2v) is 6.81. The molecule has 1 atom stereocenters. The van der Waals surface area contributed by atoms with Crippen molar-refractivity contribution in [3.8, 4) is 0 Å². The van der Waals surface area contributed by atoms with Gasteiger partial charge in [-0.25, -0.2) is 4.79 Å². The third-order valence-corrected chi connectivity index (χ3v) is 4.73. The molecular formula is C16H21N3O3S. The lowest BCUT2D eigenvalue weighted by molar-refractivity contribution is 0.248. The Balaban J connectivity index is 1.79. The van der Waals surface area contributed by atoms with E-state index in [1.54, 1.807) is 20.9 Å². The van der Waals surface area contributed by atoms with E-state index in [2.05, 4.69) is 10.5 Å². The van der Waals surface area contributed by atoms with Gasteiger partial charge in [-0.05, 0) is 19.4 Å². The van der Waals surface area contributed by atoms with Gasteiger partial charge in [0, 0.05) is 35.9 Å². The predicted molar refractivity (Wildman–Crippen MR) is 90.9 cm³/mol. The number of aryl methyl sites for hydroxylation is 2. The highest BCUT2D eigenvalue weighted by molar-refractivity contribution is 7.84. The van der Waals surface area contributed by atoms with E-state index < -0.39 is 10.8 Å². The smallest absolute Gasteiger partial charge is 0.321 e. The molecule has 7 heteroatoms. The number of carbonyl (C=O) groups excluding carboxylic acids is 1. The number of urea groups is 1. The normalized spacial score (nSPS) is 12.0. The van der Waals surface area contributed by atoms with Crippen molar-refractivity contribution in [2.75, 3.05) is 24.2 Å². The average Bonchev–Trinajstić information content (AvgIpc) is 2.86. The number of nitrogens with one attached hydrogen (secondary N) is 1. The van der Waals surface area contributed by atoms with Gasteiger partial charge in [-0.3, -0.25) is 9.11 Å². The molecule has 0 aliphatic rings. The van der Waals surface area contributed by atoms with Crippen LogP contribution in [0.5, 0.6) is 0 Å². The molecule has 2 amide bonds. The number of rotatable bonds is 6. The number of nitrogens with zero attached hydrogens (tertiary/aromatic N) is 2. The second-order valence-electron chi connectivity index (χ2n) is 5.24. The second kappa shape index (κ2) is 7.92. The molecule has 0 spiro atoms. The van der Waals surface area contributed by atoms with Gasteiger partial charge in [0.25, 0.3) is 0 Å². The van der Waals surface area contributed by atoms with Crippen molar-refractivity contribution in [3.63, 3.8) is 0 Å². The number of anilines is 1. The minimum atomic E-state index is -1.01. The van der Waals surface area contributed by atoms with Gasteiger partial charge in [0.15, 0.2) is 5.76 Å². The molecule has 23 heavy (non-hydrogen) atoms. The summed E-state index contributed by atoms with van der Waals surface area (Å²) in [5.41, 5.74) is 2.35. The molecule has 2 aromatic rings. The molecule has 0 radical (unpaired) electrons. The maximum absolute atomic E-state index is 12.1. The first kappa shape index (κ1) is 17.2. The van der Waals surface area contributed by atoms with E-state index >= 15 is 0 Å². The predicted octanol–water partition coefficient (Wildman–Crippen LogP) is 2.39. The third-order valence-electron chi connectivity index (χ3n) is 3.41. The summed E-state index contributed by atoms with van der Waals surface area (Å²) in [6.45, 7) is 3.89. The Morgan fingerprint density at radius 1 is 1.30 bits per heavy atom. The first-order valence-electron chi connectivity index (χ1n) is 7.32. The molecular weight excluding hydrogens is 314 g/mol. The largest absolute Gasteiger partial charge is 0.359 e. The van der Waals surface area contributed by atoms with Crippen molar-refractivity contribution in [2.45, 2.75) is 19.6 Å². The molecule has 0 saturated carbocycles. The number of carbonyl (C=O) groups is 1. The van der Waals surface area contributed by atoms with Crippen LogP contribution < -0.4 is 10.2 Å². The fraction of sp³-hybridized carbons (Fsp3) is 0.375. The Hall–Kier alpha value is -2.15. The van der Waals surface area contributed by atoms with Crippen LogP contribution in [0.15, 0.2) is 34.9 Å². The Labute approximate surface area is 138 Å². The number of aromatic nitrogens is 1. The van der Waals surface area contributed by atoms with E-state index in [4.69, 9.17) is 4.52 Å². The standard InChI is InChI=1S/C16H21N3O3S/c1-12-15(13(2)22-18-12)19(3)16(20)17-9-10-23(21)11-14-7-5-4-6-8-14/h4-8H,9-11H2,1-3H3,(H,17,20). The Morgan fingerprint density at radius 3 is 2.61 bits per heavy atom. The summed E-state index contributed by atoms with van der Waals surface area (Å²) in [6.07, 6.45) is 0. The Morgan fingerprint density at radius 2 is 2.00 bits per heavy atom. The highest BCUT2D eigenvalue weighted by atomic mass is 32.2. The van der Waals surface area contributed by atoms with E-state index in [1.807, 2.05) is 30.3 Å². The number of amides is 2. The van der Waals surface area contributed by atoms with Gasteiger partial charge in [0.1, 0.15) is 11.4 Å². The Kier molecular flexibility index (Phi) is 5.92. The number of hydrogen-bond donors (Lipinski definition) is 1. The molecule has 1 heterocycles. The van der Waals surface area contributed by atoms with Crippen LogP contribution in [0.3, 0.4) is 0 Å². The van der Waals surface area contributed by atoms with Gasteiger partial charge >= 0.3 is 6.03 Å². The van der Waals surface area contributed by atoms with Crippen LogP contribution in [-0.2, 0) is 16.6 Å². The average molecular weight is 335 g/mol. The molecule has 1 N–H and O–H groups in total. The lowest BCUT2D eigenvalue weighted by Crippen LogP contribution is -2.39. The summed E-state index contributed by atoms with van der Waals surface area (Å²) >= 11 is 0. The molecule has 1 aromatic heterocycles. The molecule has 0 fully saturated rings. The number of benzene rings is 1. The highest BCUT2D eigenvalue weighted by Gasteiger charge is 2.19. The van der Waals surface area contributed by atoms with Crippen LogP contribution in [-0.4, -0.2) is 34.7 Å². The number of hydrogen-bond acceptors (Lipinski definition) is 4. The third kappa shape index (κ3) is 4.66. The van der Waals surface area contributed by atoms with Gasteiger partial charge in [0.2, 0.25) is 0 Å². The Bertz CT molecular complexity index is 666. The topological polar surface area (TPSA) is 75.4 Å². The SMILES string of the molecule is Cc1noc(C)c1N(C)C(=O)NCCS(=O)Cc1ccccc1. The van der Waals surface area contributed by atoms with Crippen LogP contribution in [0, 0.1) is 13.8 Å². The molecule has 1 aromatic carbocycles. The summed E-state index contributed by atoms with van der Waals surface area (Å²) in [5.74, 6) is 1.50. The van der Waals surface area contributed by atoms with Crippen LogP contribution in [0.4, 0.5) is 10.5 Å². The van der Waals surface area contributed by atoms with Gasteiger partial charge in [-0.15, -0.1) is 0 Å². The van der Waals surface area contributed by atoms with Crippen LogP contribution in [0.25, 0.3) is 0 Å². The van der Waals surface area contributed by atoms with Crippen LogP contribution in [0.2, 0.25) is 0 Å². The zero-order valence-electron chi connectivity index (χ0n) is 13.5. The van der Waals surface area contributed by atoms with E-state index in [9.17, 15) is 9.00 Å². The first-order valence-corrected chi connectivity index (χ1v) is 8.81. The zero-order chi connectivity index (χ0) is 16.8. The van der Waals surface area contributed by atoms with E-state index in [0.717, 1.165) is 5.56 Å². The van der Waals surface area contributed by atoms with Gasteiger partial charge < -0.3 is 9.84 Å². The van der Waals surface area contributed by atoms with E-state index in [1.165, 1.54) is 4.90 Å². The molecule has 0 aliphatic carbocycles. The fourth-order valence-corrected chi connectivity index (χ4v) is 3.32.